The van der Waals surface area contributed by atoms with Gasteiger partial charge in [0, 0.05) is 18.2 Å². The molecule has 0 atom stereocenters. The Bertz CT molecular complexity index is 872. The largest absolute Gasteiger partial charge is 0.349 e. The van der Waals surface area contributed by atoms with Crippen LogP contribution in [0.3, 0.4) is 0 Å². The molecule has 28 heavy (non-hydrogen) atoms. The summed E-state index contributed by atoms with van der Waals surface area (Å²) in [6.07, 6.45) is 6.78. The number of rotatable bonds is 6. The van der Waals surface area contributed by atoms with E-state index in [0.717, 1.165) is 25.7 Å². The number of para-hydroxylation sites is 1. The maximum Gasteiger partial charge on any atom is 0.264 e. The third-order valence-corrected chi connectivity index (χ3v) is 7.14. The van der Waals surface area contributed by atoms with Crippen LogP contribution in [0.4, 0.5) is 5.69 Å². The van der Waals surface area contributed by atoms with Crippen molar-refractivity contribution in [3.63, 3.8) is 0 Å². The molecule has 0 radical (unpaired) electrons. The molecule has 3 rings (SSSR count). The summed E-state index contributed by atoms with van der Waals surface area (Å²) in [5.41, 5.74) is 1.12. The molecule has 2 aromatic rings. The first kappa shape index (κ1) is 20.4. The zero-order valence-corrected chi connectivity index (χ0v) is 17.1. The van der Waals surface area contributed by atoms with Crippen LogP contribution in [0.15, 0.2) is 59.5 Å². The monoisotopic (exact) mass is 400 g/mol. The highest BCUT2D eigenvalue weighted by Gasteiger charge is 2.24. The molecule has 0 aliphatic heterocycles. The van der Waals surface area contributed by atoms with E-state index in [0.29, 0.717) is 17.8 Å². The molecule has 0 unspecified atom stereocenters. The van der Waals surface area contributed by atoms with Crippen molar-refractivity contribution in [2.75, 3.05) is 10.8 Å². The molecule has 0 aromatic heterocycles. The number of carbonyl (C=O) groups excluding carboxylic acids is 1. The topological polar surface area (TPSA) is 66.5 Å². The molecule has 1 fully saturated rings. The Morgan fingerprint density at radius 1 is 0.964 bits per heavy atom. The van der Waals surface area contributed by atoms with Gasteiger partial charge in [-0.25, -0.2) is 8.42 Å². The molecule has 0 saturated heterocycles. The van der Waals surface area contributed by atoms with Gasteiger partial charge in [0.05, 0.1) is 10.6 Å². The number of carbonyl (C=O) groups is 1. The summed E-state index contributed by atoms with van der Waals surface area (Å²) in [4.78, 5) is 12.7. The van der Waals surface area contributed by atoms with E-state index in [1.54, 1.807) is 31.2 Å². The highest BCUT2D eigenvalue weighted by atomic mass is 32.2. The maximum absolute atomic E-state index is 13.0. The van der Waals surface area contributed by atoms with Gasteiger partial charge in [-0.05, 0) is 56.2 Å². The SMILES string of the molecule is CCN(c1ccccc1)S(=O)(=O)c1ccc(C(=O)NC2CCCCCC2)cc1. The summed E-state index contributed by atoms with van der Waals surface area (Å²) in [7, 11) is -3.68. The van der Waals surface area contributed by atoms with Gasteiger partial charge < -0.3 is 5.32 Å². The van der Waals surface area contributed by atoms with E-state index in [2.05, 4.69) is 5.32 Å². The van der Waals surface area contributed by atoms with Crippen LogP contribution in [0.5, 0.6) is 0 Å². The predicted molar refractivity (Wildman–Crippen MR) is 112 cm³/mol. The van der Waals surface area contributed by atoms with E-state index in [1.807, 2.05) is 18.2 Å². The normalized spacial score (nSPS) is 15.6. The van der Waals surface area contributed by atoms with Crippen molar-refractivity contribution >= 4 is 21.6 Å². The summed E-state index contributed by atoms with van der Waals surface area (Å²) >= 11 is 0. The van der Waals surface area contributed by atoms with Gasteiger partial charge in [0.2, 0.25) is 0 Å². The number of nitrogens with one attached hydrogen (secondary N) is 1. The Hall–Kier alpha value is -2.34. The fourth-order valence-electron chi connectivity index (χ4n) is 3.68. The van der Waals surface area contributed by atoms with Crippen LogP contribution in [0.1, 0.15) is 55.8 Å². The second-order valence-electron chi connectivity index (χ2n) is 7.19. The maximum atomic E-state index is 13.0. The van der Waals surface area contributed by atoms with Crippen molar-refractivity contribution in [1.82, 2.24) is 5.32 Å². The quantitative estimate of drug-likeness (QED) is 0.733. The van der Waals surface area contributed by atoms with Crippen molar-refractivity contribution < 1.29 is 13.2 Å². The standard InChI is InChI=1S/C22H28N2O3S/c1-2-24(20-12-8-5-9-13-20)28(26,27)21-16-14-18(15-17-21)22(25)23-19-10-6-3-4-7-11-19/h5,8-9,12-17,19H,2-4,6-7,10-11H2,1H3,(H,23,25). The summed E-state index contributed by atoms with van der Waals surface area (Å²) in [5.74, 6) is -0.133. The zero-order chi connectivity index (χ0) is 20.0. The summed E-state index contributed by atoms with van der Waals surface area (Å²) in [6, 6.07) is 15.5. The number of nitrogens with zero attached hydrogens (tertiary/aromatic N) is 1. The summed E-state index contributed by atoms with van der Waals surface area (Å²) < 4.78 is 27.4. The Morgan fingerprint density at radius 2 is 1.57 bits per heavy atom. The van der Waals surface area contributed by atoms with Gasteiger partial charge in [-0.2, -0.15) is 0 Å². The molecule has 0 bridgehead atoms. The third-order valence-electron chi connectivity index (χ3n) is 5.23. The Labute approximate surface area is 167 Å². The van der Waals surface area contributed by atoms with Gasteiger partial charge in [0.1, 0.15) is 0 Å². The van der Waals surface area contributed by atoms with E-state index < -0.39 is 10.0 Å². The average Bonchev–Trinajstić information content (AvgIpc) is 2.98. The van der Waals surface area contributed by atoms with Crippen molar-refractivity contribution in [1.29, 1.82) is 0 Å². The molecule has 2 aromatic carbocycles. The Balaban J connectivity index is 1.74. The molecule has 0 spiro atoms. The fraction of sp³-hybridized carbons (Fsp3) is 0.409. The van der Waals surface area contributed by atoms with Gasteiger partial charge in [0.25, 0.3) is 15.9 Å². The lowest BCUT2D eigenvalue weighted by Crippen LogP contribution is -2.34. The first-order valence-corrected chi connectivity index (χ1v) is 11.4. The Kier molecular flexibility index (Phi) is 6.73. The average molecular weight is 401 g/mol. The molecule has 6 heteroatoms. The molecule has 150 valence electrons. The molecule has 5 nitrogen and oxygen atoms in total. The van der Waals surface area contributed by atoms with Crippen molar-refractivity contribution in [3.05, 3.63) is 60.2 Å². The second-order valence-corrected chi connectivity index (χ2v) is 9.05. The van der Waals surface area contributed by atoms with E-state index in [9.17, 15) is 13.2 Å². The van der Waals surface area contributed by atoms with E-state index in [1.165, 1.54) is 29.3 Å². The fourth-order valence-corrected chi connectivity index (χ4v) is 5.16. The van der Waals surface area contributed by atoms with Crippen molar-refractivity contribution in [2.45, 2.75) is 56.4 Å². The first-order valence-electron chi connectivity index (χ1n) is 10.0. The molecular weight excluding hydrogens is 372 g/mol. The van der Waals surface area contributed by atoms with Crippen molar-refractivity contribution in [3.8, 4) is 0 Å². The molecule has 1 N–H and O–H groups in total. The minimum Gasteiger partial charge on any atom is -0.349 e. The minimum atomic E-state index is -3.68. The van der Waals surface area contributed by atoms with Crippen LogP contribution in [-0.4, -0.2) is 26.9 Å². The highest BCUT2D eigenvalue weighted by molar-refractivity contribution is 7.92. The van der Waals surface area contributed by atoms with Gasteiger partial charge in [-0.1, -0.05) is 43.9 Å². The highest BCUT2D eigenvalue weighted by Crippen LogP contribution is 2.24. The smallest absolute Gasteiger partial charge is 0.264 e. The van der Waals surface area contributed by atoms with E-state index in [4.69, 9.17) is 0 Å². The molecule has 1 saturated carbocycles. The zero-order valence-electron chi connectivity index (χ0n) is 16.3. The van der Waals surface area contributed by atoms with Gasteiger partial charge >= 0.3 is 0 Å². The lowest BCUT2D eigenvalue weighted by atomic mass is 10.1. The lowest BCUT2D eigenvalue weighted by Gasteiger charge is -2.23. The Morgan fingerprint density at radius 3 is 2.14 bits per heavy atom. The van der Waals surface area contributed by atoms with Gasteiger partial charge in [-0.3, -0.25) is 9.10 Å². The molecular formula is C22H28N2O3S. The number of anilines is 1. The number of hydrogen-bond acceptors (Lipinski definition) is 3. The first-order chi connectivity index (χ1) is 13.5. The van der Waals surface area contributed by atoms with Gasteiger partial charge in [-0.15, -0.1) is 0 Å². The van der Waals surface area contributed by atoms with Crippen LogP contribution in [0, 0.1) is 0 Å². The van der Waals surface area contributed by atoms with Crippen LogP contribution in [-0.2, 0) is 10.0 Å². The van der Waals surface area contributed by atoms with Crippen molar-refractivity contribution in [2.24, 2.45) is 0 Å². The molecule has 1 aliphatic carbocycles. The van der Waals surface area contributed by atoms with E-state index >= 15 is 0 Å². The van der Waals surface area contributed by atoms with Crippen LogP contribution in [0.25, 0.3) is 0 Å². The molecule has 1 amide bonds. The minimum absolute atomic E-state index is 0.133. The number of hydrogen-bond donors (Lipinski definition) is 1. The predicted octanol–water partition coefficient (Wildman–Crippen LogP) is 4.35. The second kappa shape index (κ2) is 9.24. The number of sulfonamides is 1. The van der Waals surface area contributed by atoms with Crippen LogP contribution >= 0.6 is 0 Å². The molecule has 1 aliphatic rings. The molecule has 0 heterocycles. The summed E-state index contributed by atoms with van der Waals surface area (Å²) in [5, 5.41) is 3.09. The lowest BCUT2D eigenvalue weighted by molar-refractivity contribution is 0.0933. The number of amides is 1. The van der Waals surface area contributed by atoms with E-state index in [-0.39, 0.29) is 16.8 Å². The summed E-state index contributed by atoms with van der Waals surface area (Å²) in [6.45, 7) is 2.13. The number of benzene rings is 2. The third kappa shape index (κ3) is 4.73. The van der Waals surface area contributed by atoms with Gasteiger partial charge in [0.15, 0.2) is 0 Å². The van der Waals surface area contributed by atoms with Crippen LogP contribution < -0.4 is 9.62 Å². The van der Waals surface area contributed by atoms with Crippen LogP contribution in [0.2, 0.25) is 0 Å².